The lowest BCUT2D eigenvalue weighted by molar-refractivity contribution is 0.142. The Morgan fingerprint density at radius 3 is 2.44 bits per heavy atom. The summed E-state index contributed by atoms with van der Waals surface area (Å²) < 4.78 is 0. The molecule has 27 heavy (non-hydrogen) atoms. The second-order valence-corrected chi connectivity index (χ2v) is 6.75. The van der Waals surface area contributed by atoms with Crippen LogP contribution in [0.3, 0.4) is 0 Å². The fourth-order valence-corrected chi connectivity index (χ4v) is 3.43. The Balaban J connectivity index is 1.85. The van der Waals surface area contributed by atoms with E-state index < -0.39 is 6.09 Å². The van der Waals surface area contributed by atoms with Crippen molar-refractivity contribution in [2.24, 2.45) is 0 Å². The Labute approximate surface area is 164 Å². The van der Waals surface area contributed by atoms with Crippen LogP contribution in [0.4, 0.5) is 10.6 Å². The molecule has 0 unspecified atom stereocenters. The molecule has 0 aliphatic carbocycles. The van der Waals surface area contributed by atoms with E-state index in [-0.39, 0.29) is 5.15 Å². The number of amides is 1. The molecule has 0 spiro atoms. The molecule has 1 aliphatic rings. The Morgan fingerprint density at radius 1 is 1.07 bits per heavy atom. The summed E-state index contributed by atoms with van der Waals surface area (Å²) in [5, 5.41) is 10.4. The molecular formula is C17H14Cl2N6O2. The number of carboxylic acid groups (broad SMARTS) is 1. The molecule has 0 saturated carbocycles. The third-order valence-electron chi connectivity index (χ3n) is 4.40. The van der Waals surface area contributed by atoms with E-state index in [1.165, 1.54) is 11.1 Å². The van der Waals surface area contributed by atoms with Gasteiger partial charge in [-0.3, -0.25) is 4.98 Å². The maximum atomic E-state index is 11.2. The van der Waals surface area contributed by atoms with Crippen molar-refractivity contribution < 1.29 is 9.90 Å². The molecule has 138 valence electrons. The van der Waals surface area contributed by atoms with Gasteiger partial charge in [0, 0.05) is 50.3 Å². The van der Waals surface area contributed by atoms with Crippen LogP contribution in [0.15, 0.2) is 30.7 Å². The second-order valence-electron chi connectivity index (χ2n) is 5.98. The topological polar surface area (TPSA) is 95.3 Å². The van der Waals surface area contributed by atoms with E-state index in [9.17, 15) is 4.79 Å². The Hall–Kier alpha value is -2.71. The number of pyridine rings is 2. The van der Waals surface area contributed by atoms with Gasteiger partial charge in [0.05, 0.1) is 10.4 Å². The van der Waals surface area contributed by atoms with E-state index in [1.54, 1.807) is 24.5 Å². The van der Waals surface area contributed by atoms with Gasteiger partial charge in [-0.1, -0.05) is 23.2 Å². The van der Waals surface area contributed by atoms with Crippen LogP contribution in [0.1, 0.15) is 0 Å². The zero-order valence-corrected chi connectivity index (χ0v) is 15.5. The van der Waals surface area contributed by atoms with Crippen LogP contribution >= 0.6 is 23.2 Å². The first-order valence-electron chi connectivity index (χ1n) is 8.19. The molecule has 4 rings (SSSR count). The standard InChI is InChI=1S/C17H14Cl2N6O2/c18-11-9-21-14(19)13-12(11)16(24-5-7-25(8-6-24)17(26)27)23-15(22-13)10-1-3-20-4-2-10/h1-4,9H,5-8H2,(H,26,27). The molecule has 1 amide bonds. The molecule has 0 atom stereocenters. The first kappa shape index (κ1) is 17.7. The summed E-state index contributed by atoms with van der Waals surface area (Å²) in [6.45, 7) is 1.73. The van der Waals surface area contributed by atoms with Gasteiger partial charge in [0.15, 0.2) is 11.0 Å². The van der Waals surface area contributed by atoms with Gasteiger partial charge < -0.3 is 14.9 Å². The summed E-state index contributed by atoms with van der Waals surface area (Å²) in [4.78, 5) is 31.9. The number of anilines is 1. The quantitative estimate of drug-likeness (QED) is 0.655. The number of carbonyl (C=O) groups is 1. The summed E-state index contributed by atoms with van der Waals surface area (Å²) in [7, 11) is 0. The minimum Gasteiger partial charge on any atom is -0.465 e. The number of hydrogen-bond donors (Lipinski definition) is 1. The van der Waals surface area contributed by atoms with Crippen LogP contribution < -0.4 is 4.90 Å². The molecule has 0 radical (unpaired) electrons. The summed E-state index contributed by atoms with van der Waals surface area (Å²) >= 11 is 12.7. The molecule has 8 nitrogen and oxygen atoms in total. The maximum Gasteiger partial charge on any atom is 0.407 e. The first-order valence-corrected chi connectivity index (χ1v) is 8.95. The fraction of sp³-hybridized carbons (Fsp3) is 0.235. The maximum absolute atomic E-state index is 11.2. The van der Waals surface area contributed by atoms with Gasteiger partial charge in [-0.2, -0.15) is 0 Å². The molecule has 1 aliphatic heterocycles. The summed E-state index contributed by atoms with van der Waals surface area (Å²) in [6.07, 6.45) is 3.86. The Bertz CT molecular complexity index is 1010. The predicted molar refractivity (Wildman–Crippen MR) is 102 cm³/mol. The highest BCUT2D eigenvalue weighted by Crippen LogP contribution is 2.35. The van der Waals surface area contributed by atoms with Crippen LogP contribution in [0.5, 0.6) is 0 Å². The van der Waals surface area contributed by atoms with E-state index in [1.807, 2.05) is 4.90 Å². The first-order chi connectivity index (χ1) is 13.0. The van der Waals surface area contributed by atoms with E-state index >= 15 is 0 Å². The van der Waals surface area contributed by atoms with Gasteiger partial charge in [-0.05, 0) is 12.1 Å². The average molecular weight is 405 g/mol. The number of aromatic nitrogens is 4. The highest BCUT2D eigenvalue weighted by atomic mass is 35.5. The predicted octanol–water partition coefficient (Wildman–Crippen LogP) is 3.19. The molecule has 1 fully saturated rings. The Morgan fingerprint density at radius 2 is 1.78 bits per heavy atom. The van der Waals surface area contributed by atoms with Crippen LogP contribution in [-0.2, 0) is 0 Å². The second kappa shape index (κ2) is 7.13. The monoisotopic (exact) mass is 404 g/mol. The molecule has 1 saturated heterocycles. The molecule has 0 bridgehead atoms. The summed E-state index contributed by atoms with van der Waals surface area (Å²) in [5.41, 5.74) is 1.25. The van der Waals surface area contributed by atoms with Crippen LogP contribution in [0.2, 0.25) is 10.2 Å². The minimum atomic E-state index is -0.926. The molecule has 3 aromatic heterocycles. The third kappa shape index (κ3) is 3.33. The number of halogens is 2. The van der Waals surface area contributed by atoms with Crippen molar-refractivity contribution in [3.8, 4) is 11.4 Å². The largest absolute Gasteiger partial charge is 0.465 e. The third-order valence-corrected chi connectivity index (χ3v) is 4.97. The SMILES string of the molecule is O=C(O)N1CCN(c2nc(-c3ccncc3)nc3c(Cl)ncc(Cl)c23)CC1. The molecular weight excluding hydrogens is 391 g/mol. The van der Waals surface area contributed by atoms with Crippen molar-refractivity contribution in [1.82, 2.24) is 24.8 Å². The smallest absolute Gasteiger partial charge is 0.407 e. The van der Waals surface area contributed by atoms with Crippen molar-refractivity contribution in [3.63, 3.8) is 0 Å². The number of rotatable bonds is 2. The number of nitrogens with zero attached hydrogens (tertiary/aromatic N) is 6. The van der Waals surface area contributed by atoms with E-state index in [0.29, 0.717) is 53.7 Å². The van der Waals surface area contributed by atoms with Gasteiger partial charge in [-0.15, -0.1) is 0 Å². The lowest BCUT2D eigenvalue weighted by atomic mass is 10.2. The lowest BCUT2D eigenvalue weighted by Gasteiger charge is -2.34. The van der Waals surface area contributed by atoms with Crippen molar-refractivity contribution in [2.75, 3.05) is 31.1 Å². The van der Waals surface area contributed by atoms with Gasteiger partial charge in [-0.25, -0.2) is 19.7 Å². The summed E-state index contributed by atoms with van der Waals surface area (Å²) in [6, 6.07) is 3.61. The van der Waals surface area contributed by atoms with Gasteiger partial charge in [0.1, 0.15) is 11.3 Å². The lowest BCUT2D eigenvalue weighted by Crippen LogP contribution is -2.48. The number of hydrogen-bond acceptors (Lipinski definition) is 6. The Kier molecular flexibility index (Phi) is 4.67. The van der Waals surface area contributed by atoms with Gasteiger partial charge >= 0.3 is 6.09 Å². The molecule has 1 N–H and O–H groups in total. The van der Waals surface area contributed by atoms with E-state index in [4.69, 9.17) is 33.3 Å². The number of piperazine rings is 1. The van der Waals surface area contributed by atoms with Crippen molar-refractivity contribution in [3.05, 3.63) is 40.9 Å². The summed E-state index contributed by atoms with van der Waals surface area (Å²) in [5.74, 6) is 1.10. The van der Waals surface area contributed by atoms with Crippen LogP contribution in [0, 0.1) is 0 Å². The molecule has 3 aromatic rings. The van der Waals surface area contributed by atoms with Gasteiger partial charge in [0.25, 0.3) is 0 Å². The normalized spacial score (nSPS) is 14.6. The van der Waals surface area contributed by atoms with Crippen molar-refractivity contribution in [1.29, 1.82) is 0 Å². The zero-order chi connectivity index (χ0) is 19.0. The van der Waals surface area contributed by atoms with Gasteiger partial charge in [0.2, 0.25) is 0 Å². The molecule has 10 heteroatoms. The number of fused-ring (bicyclic) bond motifs is 1. The molecule has 4 heterocycles. The fourth-order valence-electron chi connectivity index (χ4n) is 3.03. The van der Waals surface area contributed by atoms with E-state index in [0.717, 1.165) is 5.56 Å². The minimum absolute atomic E-state index is 0.234. The zero-order valence-electron chi connectivity index (χ0n) is 14.0. The van der Waals surface area contributed by atoms with Crippen LogP contribution in [-0.4, -0.2) is 62.2 Å². The van der Waals surface area contributed by atoms with Crippen molar-refractivity contribution in [2.45, 2.75) is 0 Å². The van der Waals surface area contributed by atoms with Crippen LogP contribution in [0.25, 0.3) is 22.3 Å². The molecule has 0 aromatic carbocycles. The average Bonchev–Trinajstić information content (AvgIpc) is 2.71. The van der Waals surface area contributed by atoms with E-state index in [2.05, 4.69) is 15.0 Å². The van der Waals surface area contributed by atoms with Crippen molar-refractivity contribution >= 4 is 46.0 Å². The highest BCUT2D eigenvalue weighted by Gasteiger charge is 2.25. The highest BCUT2D eigenvalue weighted by molar-refractivity contribution is 6.39.